The first-order chi connectivity index (χ1) is 26.8. The number of carbonyl (C=O) groups is 2. The second kappa shape index (κ2) is 17.3. The minimum Gasteiger partial charge on any atom is -0.480 e. The number of rotatable bonds is 17. The third-order valence-corrected chi connectivity index (χ3v) is 10.7. The summed E-state index contributed by atoms with van der Waals surface area (Å²) >= 11 is 14.2. The maximum Gasteiger partial charge on any atom is 0.320 e. The van der Waals surface area contributed by atoms with Gasteiger partial charge in [0.25, 0.3) is 11.1 Å². The molecule has 0 aliphatic carbocycles. The number of aliphatic hydroxyl groups is 2. The summed E-state index contributed by atoms with van der Waals surface area (Å²) in [7, 11) is 0. The maximum atomic E-state index is 13.6. The summed E-state index contributed by atoms with van der Waals surface area (Å²) in [6, 6.07) is 12.8. The van der Waals surface area contributed by atoms with Gasteiger partial charge in [-0.05, 0) is 38.8 Å². The molecular weight excluding hydrogens is 763 g/mol. The standard InChI is InChI=1S/C40H42Cl2N6O8/c1-23-19-45-21-25(17-33(45)37(51)47(23)13-11-43-31(9-15-49)39(53)54)27-5-3-7-29(35(27)41)30-8-4-6-28(36(30)42)26-18-34-38(52)48(24(2)20-46(34)22-26)14-12-44-32(10-16-50)40(55)56/h3-8,17-22,31-32,43-44,49-50H,9-16H2,1-2H3,(H,53,54)(H,55,56). The third-order valence-electron chi connectivity index (χ3n) is 9.92. The van der Waals surface area contributed by atoms with E-state index in [0.29, 0.717) is 65.8 Å². The molecule has 0 aliphatic rings. The first-order valence-corrected chi connectivity index (χ1v) is 18.8. The molecule has 0 amide bonds. The number of hydrogen-bond donors (Lipinski definition) is 6. The summed E-state index contributed by atoms with van der Waals surface area (Å²) in [6.45, 7) is 3.95. The number of aryl methyl sites for hydroxylation is 2. The van der Waals surface area contributed by atoms with E-state index in [9.17, 15) is 39.6 Å². The number of carboxylic acids is 2. The van der Waals surface area contributed by atoms with Gasteiger partial charge >= 0.3 is 11.9 Å². The summed E-state index contributed by atoms with van der Waals surface area (Å²) in [5.41, 5.74) is 5.78. The molecule has 6 rings (SSSR count). The lowest BCUT2D eigenvalue weighted by Gasteiger charge is -2.15. The van der Waals surface area contributed by atoms with E-state index in [4.69, 9.17) is 23.2 Å². The number of aliphatic carboxylic acids is 2. The second-order valence-electron chi connectivity index (χ2n) is 13.5. The Morgan fingerprint density at radius 2 is 1.02 bits per heavy atom. The quantitative estimate of drug-likeness (QED) is 0.0776. The smallest absolute Gasteiger partial charge is 0.320 e. The highest BCUT2D eigenvalue weighted by Crippen LogP contribution is 2.42. The van der Waals surface area contributed by atoms with Crippen LogP contribution in [0.2, 0.25) is 10.0 Å². The molecule has 0 saturated carbocycles. The number of benzene rings is 2. The van der Waals surface area contributed by atoms with Crippen molar-refractivity contribution in [3.63, 3.8) is 0 Å². The Morgan fingerprint density at radius 1 is 0.643 bits per heavy atom. The average molecular weight is 806 g/mol. The number of fused-ring (bicyclic) bond motifs is 2. The zero-order valence-electron chi connectivity index (χ0n) is 30.7. The van der Waals surface area contributed by atoms with Crippen LogP contribution in [0.4, 0.5) is 0 Å². The summed E-state index contributed by atoms with van der Waals surface area (Å²) in [5.74, 6) is -2.14. The third kappa shape index (κ3) is 8.17. The van der Waals surface area contributed by atoms with Gasteiger partial charge in [-0.15, -0.1) is 0 Å². The van der Waals surface area contributed by atoms with Crippen LogP contribution in [-0.4, -0.2) is 88.7 Å². The molecule has 6 N–H and O–H groups in total. The van der Waals surface area contributed by atoms with Crippen molar-refractivity contribution in [3.8, 4) is 33.4 Å². The molecule has 0 aliphatic heterocycles. The maximum absolute atomic E-state index is 13.6. The number of hydrogen-bond acceptors (Lipinski definition) is 8. The molecule has 0 fully saturated rings. The number of carboxylic acid groups (broad SMARTS) is 2. The predicted octanol–water partition coefficient (Wildman–Crippen LogP) is 4.29. The van der Waals surface area contributed by atoms with Crippen LogP contribution in [0.1, 0.15) is 24.2 Å². The van der Waals surface area contributed by atoms with E-state index in [-0.39, 0.29) is 63.4 Å². The SMILES string of the molecule is Cc1cn2cc(-c3cccc(-c4cccc(-c5cc6c(=O)n(CCNC(CCO)C(=O)O)c(C)cn6c5)c4Cl)c3Cl)cc2c(=O)n1CCNC(CCO)C(=O)O. The molecule has 0 radical (unpaired) electrons. The van der Waals surface area contributed by atoms with E-state index >= 15 is 0 Å². The fraction of sp³-hybridized carbons (Fsp3) is 0.300. The van der Waals surface area contributed by atoms with Crippen LogP contribution in [-0.2, 0) is 22.7 Å². The lowest BCUT2D eigenvalue weighted by Crippen LogP contribution is -2.40. The van der Waals surface area contributed by atoms with Gasteiger partial charge in [0.1, 0.15) is 23.1 Å². The van der Waals surface area contributed by atoms with Gasteiger partial charge in [-0.1, -0.05) is 59.6 Å². The lowest BCUT2D eigenvalue weighted by atomic mass is 9.97. The van der Waals surface area contributed by atoms with Crippen LogP contribution >= 0.6 is 23.2 Å². The molecule has 2 aromatic carbocycles. The highest BCUT2D eigenvalue weighted by Gasteiger charge is 2.21. The molecule has 14 nitrogen and oxygen atoms in total. The Labute approximate surface area is 330 Å². The first-order valence-electron chi connectivity index (χ1n) is 18.0. The van der Waals surface area contributed by atoms with E-state index in [0.717, 1.165) is 0 Å². The summed E-state index contributed by atoms with van der Waals surface area (Å²) in [4.78, 5) is 50.1. The summed E-state index contributed by atoms with van der Waals surface area (Å²) in [6.07, 6.45) is 7.41. The van der Waals surface area contributed by atoms with Crippen molar-refractivity contribution in [2.24, 2.45) is 0 Å². The van der Waals surface area contributed by atoms with Gasteiger partial charge in [-0.25, -0.2) is 0 Å². The van der Waals surface area contributed by atoms with E-state index in [1.165, 1.54) is 0 Å². The Balaban J connectivity index is 1.28. The monoisotopic (exact) mass is 804 g/mol. The van der Waals surface area contributed by atoms with E-state index < -0.39 is 24.0 Å². The fourth-order valence-corrected chi connectivity index (χ4v) is 7.69. The van der Waals surface area contributed by atoms with Crippen molar-refractivity contribution in [1.29, 1.82) is 0 Å². The molecule has 4 heterocycles. The largest absolute Gasteiger partial charge is 0.480 e. The molecular formula is C40H42Cl2N6O8. The number of aliphatic hydroxyl groups excluding tert-OH is 2. The van der Waals surface area contributed by atoms with Crippen molar-refractivity contribution in [2.45, 2.75) is 51.9 Å². The molecule has 0 saturated heterocycles. The van der Waals surface area contributed by atoms with Gasteiger partial charge in [-0.2, -0.15) is 0 Å². The van der Waals surface area contributed by atoms with Gasteiger partial charge in [0.05, 0.1) is 10.0 Å². The van der Waals surface area contributed by atoms with Crippen LogP contribution in [0.25, 0.3) is 44.4 Å². The Morgan fingerprint density at radius 3 is 1.38 bits per heavy atom. The van der Waals surface area contributed by atoms with Crippen molar-refractivity contribution in [1.82, 2.24) is 28.6 Å². The van der Waals surface area contributed by atoms with E-state index in [1.807, 2.05) is 61.2 Å². The molecule has 0 bridgehead atoms. The van der Waals surface area contributed by atoms with E-state index in [2.05, 4.69) is 10.6 Å². The predicted molar refractivity (Wildman–Crippen MR) is 215 cm³/mol. The normalized spacial score (nSPS) is 12.8. The molecule has 56 heavy (non-hydrogen) atoms. The van der Waals surface area contributed by atoms with Crippen LogP contribution in [0, 0.1) is 13.8 Å². The minimum absolute atomic E-state index is 0.0535. The highest BCUT2D eigenvalue weighted by atomic mass is 35.5. The van der Waals surface area contributed by atoms with Gasteiger partial charge in [0.15, 0.2) is 0 Å². The molecule has 6 aromatic rings. The van der Waals surface area contributed by atoms with E-state index in [1.54, 1.807) is 43.9 Å². The van der Waals surface area contributed by atoms with Crippen molar-refractivity contribution in [3.05, 3.63) is 115 Å². The number of nitrogens with one attached hydrogen (secondary N) is 2. The molecule has 16 heteroatoms. The molecule has 2 unspecified atom stereocenters. The minimum atomic E-state index is -1.07. The van der Waals surface area contributed by atoms with Crippen LogP contribution in [0.5, 0.6) is 0 Å². The Hall–Kier alpha value is -5.22. The van der Waals surface area contributed by atoms with Crippen LogP contribution in [0.15, 0.2) is 82.9 Å². The molecule has 0 spiro atoms. The zero-order valence-corrected chi connectivity index (χ0v) is 32.2. The van der Waals surface area contributed by atoms with Gasteiger partial charge < -0.3 is 49.0 Å². The Bertz CT molecular complexity index is 2380. The number of aromatic nitrogens is 4. The van der Waals surface area contributed by atoms with Gasteiger partial charge in [0, 0.05) is 109 Å². The lowest BCUT2D eigenvalue weighted by molar-refractivity contribution is -0.140. The fourth-order valence-electron chi connectivity index (χ4n) is 7.02. The summed E-state index contributed by atoms with van der Waals surface area (Å²) < 4.78 is 6.63. The van der Waals surface area contributed by atoms with Crippen molar-refractivity contribution in [2.75, 3.05) is 26.3 Å². The second-order valence-corrected chi connectivity index (χ2v) is 14.3. The topological polar surface area (TPSA) is 192 Å². The molecule has 4 aromatic heterocycles. The number of halogens is 2. The first kappa shape index (κ1) is 40.4. The highest BCUT2D eigenvalue weighted by molar-refractivity contribution is 6.39. The van der Waals surface area contributed by atoms with Crippen LogP contribution in [0.3, 0.4) is 0 Å². The molecule has 294 valence electrons. The Kier molecular flexibility index (Phi) is 12.5. The number of nitrogens with zero attached hydrogens (tertiary/aromatic N) is 4. The summed E-state index contributed by atoms with van der Waals surface area (Å²) in [5, 5.41) is 43.7. The van der Waals surface area contributed by atoms with Crippen molar-refractivity contribution >= 4 is 46.2 Å². The van der Waals surface area contributed by atoms with Gasteiger partial charge in [0.2, 0.25) is 0 Å². The van der Waals surface area contributed by atoms with Crippen LogP contribution < -0.4 is 21.8 Å². The van der Waals surface area contributed by atoms with Gasteiger partial charge in [-0.3, -0.25) is 19.2 Å². The average Bonchev–Trinajstić information content (AvgIpc) is 3.78. The molecule has 2 atom stereocenters. The zero-order chi connectivity index (χ0) is 40.3. The van der Waals surface area contributed by atoms with Crippen molar-refractivity contribution < 1.29 is 30.0 Å².